The summed E-state index contributed by atoms with van der Waals surface area (Å²) < 4.78 is 7.14. The predicted molar refractivity (Wildman–Crippen MR) is 148 cm³/mol. The minimum absolute atomic E-state index is 0.261. The highest BCUT2D eigenvalue weighted by Crippen LogP contribution is 2.28. The average Bonchev–Trinajstić information content (AvgIpc) is 3.41. The van der Waals surface area contributed by atoms with Crippen molar-refractivity contribution in [2.24, 2.45) is 0 Å². The second-order valence-corrected chi connectivity index (χ2v) is 8.90. The lowest BCUT2D eigenvalue weighted by Crippen LogP contribution is -2.47. The lowest BCUT2D eigenvalue weighted by Gasteiger charge is -2.36. The summed E-state index contributed by atoms with van der Waals surface area (Å²) in [5.74, 6) is 0.434. The molecule has 190 valence electrons. The molecule has 0 spiro atoms. The molecule has 9 heteroatoms. The number of piperazine rings is 1. The van der Waals surface area contributed by atoms with Crippen molar-refractivity contribution >= 4 is 34.4 Å². The van der Waals surface area contributed by atoms with E-state index in [1.54, 1.807) is 13.3 Å². The number of nitrogens with zero attached hydrogens (tertiary/aromatic N) is 5. The normalized spacial score (nSPS) is 14.0. The monoisotopic (exact) mass is 497 g/mol. The van der Waals surface area contributed by atoms with Crippen molar-refractivity contribution < 1.29 is 9.53 Å². The molecule has 2 aromatic heterocycles. The fraction of sp³-hybridized carbons (Fsp3) is 0.250. The van der Waals surface area contributed by atoms with Crippen molar-refractivity contribution in [3.05, 3.63) is 79.8 Å². The van der Waals surface area contributed by atoms with Gasteiger partial charge in [0.15, 0.2) is 5.65 Å². The van der Waals surface area contributed by atoms with Gasteiger partial charge in [0.1, 0.15) is 11.5 Å². The Morgan fingerprint density at radius 3 is 2.68 bits per heavy atom. The minimum Gasteiger partial charge on any atom is -0.383 e. The number of anilines is 4. The Balaban J connectivity index is 1.32. The molecule has 2 aromatic carbocycles. The number of carbonyl (C=O) groups excluding carboxylic acids is 1. The third-order valence-corrected chi connectivity index (χ3v) is 6.45. The van der Waals surface area contributed by atoms with E-state index < -0.39 is 0 Å². The molecular weight excluding hydrogens is 466 g/mol. The number of amides is 1. The van der Waals surface area contributed by atoms with E-state index >= 15 is 0 Å². The number of benzene rings is 2. The average molecular weight is 498 g/mol. The molecular formula is C28H31N7O2. The Labute approximate surface area is 216 Å². The molecule has 4 aromatic rings. The van der Waals surface area contributed by atoms with E-state index in [0.717, 1.165) is 56.2 Å². The van der Waals surface area contributed by atoms with Crippen LogP contribution >= 0.6 is 0 Å². The molecule has 3 heterocycles. The molecule has 0 atom stereocenters. The number of rotatable bonds is 9. The van der Waals surface area contributed by atoms with Gasteiger partial charge in [-0.15, -0.1) is 0 Å². The summed E-state index contributed by atoms with van der Waals surface area (Å²) >= 11 is 0. The quantitative estimate of drug-likeness (QED) is 0.338. The molecule has 1 amide bonds. The van der Waals surface area contributed by atoms with Crippen LogP contribution < -0.4 is 15.5 Å². The Morgan fingerprint density at radius 2 is 1.92 bits per heavy atom. The smallest absolute Gasteiger partial charge is 0.247 e. The van der Waals surface area contributed by atoms with Crippen molar-refractivity contribution in [1.29, 1.82) is 0 Å². The molecule has 1 aliphatic rings. The van der Waals surface area contributed by atoms with Gasteiger partial charge in [-0.05, 0) is 42.5 Å². The van der Waals surface area contributed by atoms with Gasteiger partial charge in [-0.1, -0.05) is 18.7 Å². The number of methoxy groups -OCH3 is 1. The van der Waals surface area contributed by atoms with Crippen molar-refractivity contribution in [2.45, 2.75) is 0 Å². The number of nitrogens with one attached hydrogen (secondary N) is 2. The minimum atomic E-state index is -0.261. The number of aromatic nitrogens is 3. The summed E-state index contributed by atoms with van der Waals surface area (Å²) in [4.78, 5) is 26.0. The van der Waals surface area contributed by atoms with Gasteiger partial charge < -0.3 is 24.7 Å². The molecule has 1 aliphatic heterocycles. The number of imidazole rings is 1. The van der Waals surface area contributed by atoms with Crippen LogP contribution in [0.3, 0.4) is 0 Å². The third kappa shape index (κ3) is 5.79. The van der Waals surface area contributed by atoms with Gasteiger partial charge in [-0.2, -0.15) is 0 Å². The van der Waals surface area contributed by atoms with Gasteiger partial charge in [0.2, 0.25) is 5.91 Å². The van der Waals surface area contributed by atoms with Crippen molar-refractivity contribution in [3.63, 3.8) is 0 Å². The van der Waals surface area contributed by atoms with Crippen LogP contribution in [-0.2, 0) is 9.53 Å². The number of hydrogen-bond acceptors (Lipinski definition) is 7. The van der Waals surface area contributed by atoms with Crippen LogP contribution in [0.1, 0.15) is 0 Å². The van der Waals surface area contributed by atoms with Crippen LogP contribution in [0.4, 0.5) is 22.9 Å². The maximum Gasteiger partial charge on any atom is 0.247 e. The maximum atomic E-state index is 11.8. The lowest BCUT2D eigenvalue weighted by molar-refractivity contribution is -0.111. The van der Waals surface area contributed by atoms with Gasteiger partial charge in [-0.25, -0.2) is 9.97 Å². The van der Waals surface area contributed by atoms with Crippen LogP contribution in [0.25, 0.3) is 16.9 Å². The predicted octanol–water partition coefficient (Wildman–Crippen LogP) is 4.03. The summed E-state index contributed by atoms with van der Waals surface area (Å²) in [5.41, 5.74) is 5.14. The summed E-state index contributed by atoms with van der Waals surface area (Å²) in [7, 11) is 1.75. The van der Waals surface area contributed by atoms with Crippen molar-refractivity contribution in [3.8, 4) is 11.3 Å². The van der Waals surface area contributed by atoms with Crippen LogP contribution in [-0.4, -0.2) is 71.6 Å². The van der Waals surface area contributed by atoms with Crippen molar-refractivity contribution in [2.75, 3.05) is 62.0 Å². The number of fused-ring (bicyclic) bond motifs is 1. The van der Waals surface area contributed by atoms with E-state index in [1.165, 1.54) is 11.8 Å². The van der Waals surface area contributed by atoms with Gasteiger partial charge in [0.05, 0.1) is 12.8 Å². The van der Waals surface area contributed by atoms with Crippen LogP contribution in [0.15, 0.2) is 79.8 Å². The van der Waals surface area contributed by atoms with E-state index in [9.17, 15) is 4.79 Å². The molecule has 1 fully saturated rings. The highest BCUT2D eigenvalue weighted by atomic mass is 16.5. The summed E-state index contributed by atoms with van der Waals surface area (Å²) in [6.07, 6.45) is 6.81. The Bertz CT molecular complexity index is 1380. The Kier molecular flexibility index (Phi) is 7.43. The molecule has 0 aliphatic carbocycles. The molecule has 9 nitrogen and oxygen atoms in total. The summed E-state index contributed by atoms with van der Waals surface area (Å²) in [6.45, 7) is 9.36. The molecule has 0 radical (unpaired) electrons. The van der Waals surface area contributed by atoms with E-state index in [2.05, 4.69) is 56.3 Å². The van der Waals surface area contributed by atoms with Crippen LogP contribution in [0, 0.1) is 0 Å². The van der Waals surface area contributed by atoms with Gasteiger partial charge in [-0.3, -0.25) is 9.69 Å². The fourth-order valence-electron chi connectivity index (χ4n) is 4.48. The van der Waals surface area contributed by atoms with Crippen LogP contribution in [0.5, 0.6) is 0 Å². The first-order valence-corrected chi connectivity index (χ1v) is 12.3. The standard InChI is InChI=1S/C28H31N7O2/c1-3-26(36)31-23-6-4-5-21(19-23)27-28-29-11-12-35(28)20-25(32-27)30-22-7-9-24(10-8-22)34-15-13-33(14-16-34)17-18-37-2/h3-12,19-20,30H,1,13-18H2,2H3,(H,31,36). The number of ether oxygens (including phenoxy) is 1. The summed E-state index contributed by atoms with van der Waals surface area (Å²) in [6, 6.07) is 16.0. The summed E-state index contributed by atoms with van der Waals surface area (Å²) in [5, 5.41) is 6.23. The van der Waals surface area contributed by atoms with E-state index in [-0.39, 0.29) is 5.91 Å². The highest BCUT2D eigenvalue weighted by molar-refractivity contribution is 5.99. The van der Waals surface area contributed by atoms with Gasteiger partial charge >= 0.3 is 0 Å². The molecule has 1 saturated heterocycles. The van der Waals surface area contributed by atoms with E-state index in [0.29, 0.717) is 17.2 Å². The second kappa shape index (κ2) is 11.2. The van der Waals surface area contributed by atoms with Gasteiger partial charge in [0.25, 0.3) is 0 Å². The van der Waals surface area contributed by atoms with Gasteiger partial charge in [0, 0.05) is 74.9 Å². The number of carbonyl (C=O) groups is 1. The lowest BCUT2D eigenvalue weighted by atomic mass is 10.1. The zero-order chi connectivity index (χ0) is 25.6. The topological polar surface area (TPSA) is 87.0 Å². The zero-order valence-corrected chi connectivity index (χ0v) is 20.9. The molecule has 5 rings (SSSR count). The van der Waals surface area contributed by atoms with E-state index in [4.69, 9.17) is 9.72 Å². The molecule has 0 saturated carbocycles. The number of hydrogen-bond donors (Lipinski definition) is 2. The maximum absolute atomic E-state index is 11.8. The first-order chi connectivity index (χ1) is 18.1. The highest BCUT2D eigenvalue weighted by Gasteiger charge is 2.17. The molecule has 0 bridgehead atoms. The van der Waals surface area contributed by atoms with Crippen LogP contribution in [0.2, 0.25) is 0 Å². The zero-order valence-electron chi connectivity index (χ0n) is 20.9. The molecule has 0 unspecified atom stereocenters. The van der Waals surface area contributed by atoms with Crippen molar-refractivity contribution in [1.82, 2.24) is 19.3 Å². The SMILES string of the molecule is C=CC(=O)Nc1cccc(-c2nc(Nc3ccc(N4CCN(CCOC)CC4)cc3)cn3ccnc23)c1. The van der Waals surface area contributed by atoms with E-state index in [1.807, 2.05) is 41.1 Å². The largest absolute Gasteiger partial charge is 0.383 e. The third-order valence-electron chi connectivity index (χ3n) is 6.45. The first-order valence-electron chi connectivity index (χ1n) is 12.3. The second-order valence-electron chi connectivity index (χ2n) is 8.90. The molecule has 37 heavy (non-hydrogen) atoms. The Morgan fingerprint density at radius 1 is 1.11 bits per heavy atom. The first kappa shape index (κ1) is 24.5. The molecule has 2 N–H and O–H groups in total. The fourth-order valence-corrected chi connectivity index (χ4v) is 4.48. The Hall–Kier alpha value is -4.21.